The van der Waals surface area contributed by atoms with Crippen LogP contribution in [0.25, 0.3) is 0 Å². The number of rotatable bonds is 5. The van der Waals surface area contributed by atoms with E-state index in [4.69, 9.17) is 0 Å². The summed E-state index contributed by atoms with van der Waals surface area (Å²) in [4.78, 5) is 11.4. The zero-order chi connectivity index (χ0) is 13.8. The van der Waals surface area contributed by atoms with Crippen LogP contribution in [0.5, 0.6) is 0 Å². The molecule has 0 radical (unpaired) electrons. The highest BCUT2D eigenvalue weighted by atomic mass is 15.2. The lowest BCUT2D eigenvalue weighted by atomic mass is 9.95. The van der Waals surface area contributed by atoms with E-state index in [2.05, 4.69) is 47.9 Å². The average Bonchev–Trinajstić information content (AvgIpc) is 2.86. The Kier molecular flexibility index (Phi) is 4.75. The van der Waals surface area contributed by atoms with E-state index in [1.54, 1.807) is 0 Å². The molecule has 2 heterocycles. The Bertz CT molecular complexity index is 386. The van der Waals surface area contributed by atoms with Crippen molar-refractivity contribution in [1.29, 1.82) is 0 Å². The molecule has 1 N–H and O–H groups in total. The molecule has 1 aromatic heterocycles. The minimum atomic E-state index is 0.479. The van der Waals surface area contributed by atoms with Gasteiger partial charge in [0.1, 0.15) is 5.82 Å². The topological polar surface area (TPSA) is 41.1 Å². The van der Waals surface area contributed by atoms with Crippen LogP contribution in [0.2, 0.25) is 0 Å². The lowest BCUT2D eigenvalue weighted by Gasteiger charge is -2.18. The molecule has 4 heteroatoms. The first kappa shape index (κ1) is 14.3. The molecular weight excluding hydrogens is 236 g/mol. The van der Waals surface area contributed by atoms with Gasteiger partial charge in [0, 0.05) is 25.7 Å². The molecule has 1 atom stereocenters. The van der Waals surface area contributed by atoms with E-state index in [0.717, 1.165) is 43.0 Å². The van der Waals surface area contributed by atoms with Crippen LogP contribution in [0, 0.1) is 11.8 Å². The summed E-state index contributed by atoms with van der Waals surface area (Å²) >= 11 is 0. The molecule has 0 aromatic carbocycles. The summed E-state index contributed by atoms with van der Waals surface area (Å²) in [5.41, 5.74) is 1.01. The van der Waals surface area contributed by atoms with Crippen molar-refractivity contribution < 1.29 is 0 Å². The third-order valence-corrected chi connectivity index (χ3v) is 3.87. The van der Waals surface area contributed by atoms with Crippen LogP contribution in [0.1, 0.15) is 39.8 Å². The van der Waals surface area contributed by atoms with Crippen molar-refractivity contribution in [2.45, 2.75) is 46.7 Å². The van der Waals surface area contributed by atoms with E-state index in [0.29, 0.717) is 6.04 Å². The summed E-state index contributed by atoms with van der Waals surface area (Å²) in [5, 5.41) is 3.36. The van der Waals surface area contributed by atoms with Gasteiger partial charge in [0.05, 0.1) is 18.1 Å². The summed E-state index contributed by atoms with van der Waals surface area (Å²) in [7, 11) is 0. The Labute approximate surface area is 116 Å². The lowest BCUT2D eigenvalue weighted by Crippen LogP contribution is -2.24. The van der Waals surface area contributed by atoms with Crippen molar-refractivity contribution in [2.24, 2.45) is 11.8 Å². The van der Waals surface area contributed by atoms with E-state index in [1.807, 2.05) is 12.4 Å². The van der Waals surface area contributed by atoms with Gasteiger partial charge in [-0.3, -0.25) is 4.98 Å². The normalized spacial score (nSPS) is 19.7. The second kappa shape index (κ2) is 6.33. The Hall–Kier alpha value is -1.16. The number of anilines is 1. The average molecular weight is 262 g/mol. The fourth-order valence-corrected chi connectivity index (χ4v) is 2.45. The largest absolute Gasteiger partial charge is 0.355 e. The number of aromatic nitrogens is 2. The summed E-state index contributed by atoms with van der Waals surface area (Å²) in [6.45, 7) is 11.9. The number of nitrogens with one attached hydrogen (secondary N) is 1. The van der Waals surface area contributed by atoms with Crippen LogP contribution in [0.15, 0.2) is 12.4 Å². The Morgan fingerprint density at radius 3 is 2.58 bits per heavy atom. The van der Waals surface area contributed by atoms with Gasteiger partial charge in [0.25, 0.3) is 0 Å². The smallest absolute Gasteiger partial charge is 0.147 e. The highest BCUT2D eigenvalue weighted by Gasteiger charge is 2.25. The lowest BCUT2D eigenvalue weighted by molar-refractivity contribution is 0.422. The van der Waals surface area contributed by atoms with E-state index in [1.165, 1.54) is 6.42 Å². The highest BCUT2D eigenvalue weighted by Crippen LogP contribution is 2.26. The Morgan fingerprint density at radius 1 is 1.26 bits per heavy atom. The predicted molar refractivity (Wildman–Crippen MR) is 79.2 cm³/mol. The Morgan fingerprint density at radius 2 is 2.05 bits per heavy atom. The molecule has 1 unspecified atom stereocenters. The van der Waals surface area contributed by atoms with Gasteiger partial charge in [0.15, 0.2) is 0 Å². The van der Waals surface area contributed by atoms with Gasteiger partial charge in [-0.1, -0.05) is 27.7 Å². The second-order valence-corrected chi connectivity index (χ2v) is 6.14. The molecule has 0 saturated carbocycles. The van der Waals surface area contributed by atoms with E-state index in [9.17, 15) is 0 Å². The van der Waals surface area contributed by atoms with Gasteiger partial charge >= 0.3 is 0 Å². The summed E-state index contributed by atoms with van der Waals surface area (Å²) in [5.74, 6) is 2.58. The maximum Gasteiger partial charge on any atom is 0.147 e. The first-order valence-corrected chi connectivity index (χ1v) is 7.35. The van der Waals surface area contributed by atoms with Crippen molar-refractivity contribution in [1.82, 2.24) is 15.3 Å². The van der Waals surface area contributed by atoms with Crippen LogP contribution in [-0.2, 0) is 6.54 Å². The van der Waals surface area contributed by atoms with E-state index < -0.39 is 0 Å². The summed E-state index contributed by atoms with van der Waals surface area (Å²) < 4.78 is 0. The fourth-order valence-electron chi connectivity index (χ4n) is 2.45. The molecule has 4 nitrogen and oxygen atoms in total. The second-order valence-electron chi connectivity index (χ2n) is 6.14. The molecule has 2 rings (SSSR count). The molecule has 0 bridgehead atoms. The molecule has 19 heavy (non-hydrogen) atoms. The predicted octanol–water partition coefficient (Wildman–Crippen LogP) is 2.46. The van der Waals surface area contributed by atoms with Gasteiger partial charge in [-0.2, -0.15) is 0 Å². The Balaban J connectivity index is 1.92. The molecule has 1 saturated heterocycles. The van der Waals surface area contributed by atoms with E-state index >= 15 is 0 Å². The fraction of sp³-hybridized carbons (Fsp3) is 0.733. The van der Waals surface area contributed by atoms with E-state index in [-0.39, 0.29) is 0 Å². The van der Waals surface area contributed by atoms with Gasteiger partial charge in [-0.25, -0.2) is 4.98 Å². The van der Waals surface area contributed by atoms with Crippen LogP contribution >= 0.6 is 0 Å². The van der Waals surface area contributed by atoms with Gasteiger partial charge in [-0.15, -0.1) is 0 Å². The SMILES string of the molecule is CC(C)NCc1cnc(N2CCC(C(C)C)C2)cn1. The van der Waals surface area contributed by atoms with Gasteiger partial charge in [-0.05, 0) is 18.3 Å². The molecule has 1 aliphatic rings. The van der Waals surface area contributed by atoms with Crippen LogP contribution in [-0.4, -0.2) is 29.1 Å². The number of nitrogens with zero attached hydrogens (tertiary/aromatic N) is 3. The zero-order valence-corrected chi connectivity index (χ0v) is 12.6. The van der Waals surface area contributed by atoms with Crippen LogP contribution in [0.4, 0.5) is 5.82 Å². The van der Waals surface area contributed by atoms with Crippen molar-refractivity contribution >= 4 is 5.82 Å². The zero-order valence-electron chi connectivity index (χ0n) is 12.6. The van der Waals surface area contributed by atoms with Gasteiger partial charge in [0.2, 0.25) is 0 Å². The number of hydrogen-bond acceptors (Lipinski definition) is 4. The molecule has 0 spiro atoms. The van der Waals surface area contributed by atoms with Crippen molar-refractivity contribution in [2.75, 3.05) is 18.0 Å². The van der Waals surface area contributed by atoms with Crippen LogP contribution in [0.3, 0.4) is 0 Å². The van der Waals surface area contributed by atoms with Crippen molar-refractivity contribution in [3.8, 4) is 0 Å². The quantitative estimate of drug-likeness (QED) is 0.885. The first-order chi connectivity index (χ1) is 9.06. The molecular formula is C15H26N4. The summed E-state index contributed by atoms with van der Waals surface area (Å²) in [6, 6.07) is 0.479. The first-order valence-electron chi connectivity index (χ1n) is 7.35. The standard InChI is InChI=1S/C15H26N4/c1-11(2)13-5-6-19(10-13)15-9-17-14(8-18-15)7-16-12(3)4/h8-9,11-13,16H,5-7,10H2,1-4H3. The monoisotopic (exact) mass is 262 g/mol. The minimum Gasteiger partial charge on any atom is -0.355 e. The number of hydrogen-bond donors (Lipinski definition) is 1. The molecule has 1 aromatic rings. The third kappa shape index (κ3) is 3.90. The highest BCUT2D eigenvalue weighted by molar-refractivity contribution is 5.37. The molecule has 1 fully saturated rings. The molecule has 106 valence electrons. The van der Waals surface area contributed by atoms with Crippen molar-refractivity contribution in [3.05, 3.63) is 18.1 Å². The summed E-state index contributed by atoms with van der Waals surface area (Å²) in [6.07, 6.45) is 5.09. The molecule has 0 amide bonds. The maximum atomic E-state index is 4.56. The van der Waals surface area contributed by atoms with Crippen molar-refractivity contribution in [3.63, 3.8) is 0 Å². The molecule has 0 aliphatic carbocycles. The van der Waals surface area contributed by atoms with Gasteiger partial charge < -0.3 is 10.2 Å². The molecule has 1 aliphatic heterocycles. The minimum absolute atomic E-state index is 0.479. The van der Waals surface area contributed by atoms with Crippen LogP contribution < -0.4 is 10.2 Å². The maximum absolute atomic E-state index is 4.56. The third-order valence-electron chi connectivity index (χ3n) is 3.87.